The third kappa shape index (κ3) is 10.1. The lowest BCUT2D eigenvalue weighted by atomic mass is 10.2. The molecule has 0 aliphatic carbocycles. The van der Waals surface area contributed by atoms with Crippen molar-refractivity contribution in [3.05, 3.63) is 11.1 Å². The first-order valence-electron chi connectivity index (χ1n) is 8.77. The molecule has 6 nitrogen and oxygen atoms in total. The van der Waals surface area contributed by atoms with Crippen LogP contribution in [0, 0.1) is 11.8 Å². The van der Waals surface area contributed by atoms with E-state index in [2.05, 4.69) is 34.4 Å². The second-order valence-electron chi connectivity index (χ2n) is 5.98. The number of nitrogens with zero attached hydrogens (tertiary/aromatic N) is 1. The van der Waals surface area contributed by atoms with Crippen LogP contribution in [0.3, 0.4) is 0 Å². The molecule has 0 radical (unpaired) electrons. The van der Waals surface area contributed by atoms with Gasteiger partial charge in [-0.15, -0.1) is 11.8 Å². The average Bonchev–Trinajstić information content (AvgIpc) is 3.06. The minimum Gasteiger partial charge on any atom is -0.467 e. The molecule has 0 fully saturated rings. The Balaban J connectivity index is 2.26. The van der Waals surface area contributed by atoms with Gasteiger partial charge in [0.05, 0.1) is 6.20 Å². The molecule has 0 spiro atoms. The van der Waals surface area contributed by atoms with Gasteiger partial charge in [0.25, 0.3) is 11.1 Å². The Morgan fingerprint density at radius 3 is 2.88 bits per heavy atom. The van der Waals surface area contributed by atoms with Gasteiger partial charge >= 0.3 is 0 Å². The summed E-state index contributed by atoms with van der Waals surface area (Å²) >= 11 is 1.17. The Morgan fingerprint density at radius 2 is 2.16 bits per heavy atom. The monoisotopic (exact) mass is 367 g/mol. The van der Waals surface area contributed by atoms with E-state index >= 15 is 0 Å². The Kier molecular flexibility index (Phi) is 10.9. The van der Waals surface area contributed by atoms with Crippen LogP contribution in [0.25, 0.3) is 0 Å². The van der Waals surface area contributed by atoms with Crippen molar-refractivity contribution in [2.75, 3.05) is 19.7 Å². The number of aliphatic hydroxyl groups is 1. The number of carbonyl (C=O) groups is 1. The summed E-state index contributed by atoms with van der Waals surface area (Å²) in [5.41, 5.74) is 0. The number of unbranched alkanes of at least 4 members (excludes halogenated alkanes) is 2. The highest BCUT2D eigenvalue weighted by molar-refractivity contribution is 7.15. The molecule has 1 rings (SSSR count). The van der Waals surface area contributed by atoms with E-state index in [1.165, 1.54) is 17.5 Å². The number of amides is 1. The molecule has 0 saturated carbocycles. The molecule has 0 bridgehead atoms. The molecule has 1 aromatic heterocycles. The number of thiazole rings is 1. The van der Waals surface area contributed by atoms with Gasteiger partial charge in [-0.2, -0.15) is 0 Å². The molecule has 7 heteroatoms. The van der Waals surface area contributed by atoms with Gasteiger partial charge in [-0.05, 0) is 6.42 Å². The van der Waals surface area contributed by atoms with Gasteiger partial charge in [0.15, 0.2) is 0 Å². The fraction of sp³-hybridized carbons (Fsp3) is 0.667. The summed E-state index contributed by atoms with van der Waals surface area (Å²) in [6.07, 6.45) is 4.69. The molecule has 1 atom stereocenters. The van der Waals surface area contributed by atoms with Gasteiger partial charge in [0, 0.05) is 32.0 Å². The summed E-state index contributed by atoms with van der Waals surface area (Å²) in [6, 6.07) is 0.307. The first-order valence-corrected chi connectivity index (χ1v) is 9.58. The third-order valence-electron chi connectivity index (χ3n) is 3.19. The first kappa shape index (κ1) is 21.4. The number of rotatable bonds is 11. The van der Waals surface area contributed by atoms with E-state index in [1.807, 2.05) is 13.8 Å². The maximum atomic E-state index is 12.0. The second-order valence-corrected chi connectivity index (χ2v) is 6.97. The van der Waals surface area contributed by atoms with Gasteiger partial charge in [0.2, 0.25) is 0 Å². The molecule has 25 heavy (non-hydrogen) atoms. The minimum atomic E-state index is -0.616. The lowest BCUT2D eigenvalue weighted by molar-refractivity contribution is 0.0958. The van der Waals surface area contributed by atoms with Crippen LogP contribution in [-0.2, 0) is 0 Å². The van der Waals surface area contributed by atoms with E-state index in [4.69, 9.17) is 4.74 Å². The molecule has 0 aromatic carbocycles. The number of nitrogens with one attached hydrogen (secondary N) is 2. The first-order chi connectivity index (χ1) is 12.0. The van der Waals surface area contributed by atoms with Crippen molar-refractivity contribution in [2.45, 2.75) is 58.6 Å². The highest BCUT2D eigenvalue weighted by Gasteiger charge is 2.12. The number of ether oxygens (including phenoxy) is 1. The number of aromatic nitrogens is 1. The third-order valence-corrected chi connectivity index (χ3v) is 4.09. The van der Waals surface area contributed by atoms with E-state index in [9.17, 15) is 9.90 Å². The number of hydrogen-bond acceptors (Lipinski definition) is 6. The molecule has 1 heterocycles. The molecule has 0 aliphatic heterocycles. The molecule has 0 saturated heterocycles. The molecule has 3 N–H and O–H groups in total. The highest BCUT2D eigenvalue weighted by atomic mass is 32.1. The molecule has 1 unspecified atom stereocenters. The second kappa shape index (κ2) is 12.7. The van der Waals surface area contributed by atoms with Crippen LogP contribution >= 0.6 is 11.3 Å². The average molecular weight is 368 g/mol. The molecule has 140 valence electrons. The fourth-order valence-electron chi connectivity index (χ4n) is 1.80. The number of aliphatic hydroxyl groups excluding tert-OH is 1. The van der Waals surface area contributed by atoms with Crippen molar-refractivity contribution in [3.63, 3.8) is 0 Å². The van der Waals surface area contributed by atoms with Crippen LogP contribution in [0.1, 0.15) is 56.1 Å². The maximum Gasteiger partial charge on any atom is 0.273 e. The summed E-state index contributed by atoms with van der Waals surface area (Å²) < 4.78 is 5.43. The topological polar surface area (TPSA) is 83.5 Å². The lowest BCUT2D eigenvalue weighted by Gasteiger charge is -2.13. The van der Waals surface area contributed by atoms with Crippen molar-refractivity contribution in [2.24, 2.45) is 0 Å². The smallest absolute Gasteiger partial charge is 0.273 e. The predicted octanol–water partition coefficient (Wildman–Crippen LogP) is 2.19. The van der Waals surface area contributed by atoms with E-state index in [0.29, 0.717) is 35.6 Å². The quantitative estimate of drug-likeness (QED) is 0.412. The van der Waals surface area contributed by atoms with Gasteiger partial charge in [-0.1, -0.05) is 38.5 Å². The molecule has 0 aliphatic rings. The Morgan fingerprint density at radius 1 is 1.40 bits per heavy atom. The van der Waals surface area contributed by atoms with Gasteiger partial charge in [-0.25, -0.2) is 4.98 Å². The van der Waals surface area contributed by atoms with Crippen LogP contribution in [0.4, 0.5) is 0 Å². The van der Waals surface area contributed by atoms with Crippen LogP contribution in [0.5, 0.6) is 5.19 Å². The lowest BCUT2D eigenvalue weighted by Crippen LogP contribution is -2.35. The number of carbonyl (C=O) groups excluding carboxylic acids is 1. The molecule has 1 aromatic rings. The SMILES string of the molecule is CCCCC#CCCNC(=O)c1cnc(OCC(O)CNC(C)C)s1. The summed E-state index contributed by atoms with van der Waals surface area (Å²) in [7, 11) is 0. The van der Waals surface area contributed by atoms with Crippen molar-refractivity contribution in [1.82, 2.24) is 15.6 Å². The number of hydrogen-bond donors (Lipinski definition) is 3. The highest BCUT2D eigenvalue weighted by Crippen LogP contribution is 2.20. The van der Waals surface area contributed by atoms with Gasteiger partial charge in [0.1, 0.15) is 17.6 Å². The fourth-order valence-corrected chi connectivity index (χ4v) is 2.49. The molecule has 1 amide bonds. The van der Waals surface area contributed by atoms with Crippen molar-refractivity contribution in [3.8, 4) is 17.0 Å². The van der Waals surface area contributed by atoms with E-state index in [1.54, 1.807) is 0 Å². The summed E-state index contributed by atoms with van der Waals surface area (Å²) in [5, 5.41) is 16.1. The zero-order valence-electron chi connectivity index (χ0n) is 15.3. The zero-order valence-corrected chi connectivity index (χ0v) is 16.1. The van der Waals surface area contributed by atoms with Crippen LogP contribution in [-0.4, -0.2) is 47.8 Å². The summed E-state index contributed by atoms with van der Waals surface area (Å²) in [6.45, 7) is 7.27. The van der Waals surface area contributed by atoms with Crippen LogP contribution < -0.4 is 15.4 Å². The molecular weight excluding hydrogens is 338 g/mol. The normalized spacial score (nSPS) is 11.7. The molecular formula is C18H29N3O3S. The van der Waals surface area contributed by atoms with Crippen LogP contribution in [0.15, 0.2) is 6.20 Å². The maximum absolute atomic E-state index is 12.0. The zero-order chi connectivity index (χ0) is 18.5. The summed E-state index contributed by atoms with van der Waals surface area (Å²) in [4.78, 5) is 16.6. The van der Waals surface area contributed by atoms with Gasteiger partial charge in [-0.3, -0.25) is 4.79 Å². The van der Waals surface area contributed by atoms with Crippen LogP contribution in [0.2, 0.25) is 0 Å². The Hall–Kier alpha value is -1.62. The van der Waals surface area contributed by atoms with Crippen molar-refractivity contribution in [1.29, 1.82) is 0 Å². The van der Waals surface area contributed by atoms with E-state index in [0.717, 1.165) is 19.3 Å². The Labute approximate surface area is 154 Å². The van der Waals surface area contributed by atoms with Crippen molar-refractivity contribution < 1.29 is 14.6 Å². The largest absolute Gasteiger partial charge is 0.467 e. The van der Waals surface area contributed by atoms with E-state index in [-0.39, 0.29) is 12.5 Å². The van der Waals surface area contributed by atoms with E-state index < -0.39 is 6.10 Å². The predicted molar refractivity (Wildman–Crippen MR) is 101 cm³/mol. The van der Waals surface area contributed by atoms with Gasteiger partial charge < -0.3 is 20.5 Å². The Bertz CT molecular complexity index is 563. The minimum absolute atomic E-state index is 0.141. The summed E-state index contributed by atoms with van der Waals surface area (Å²) in [5.74, 6) is 5.96. The van der Waals surface area contributed by atoms with Crippen molar-refractivity contribution >= 4 is 17.2 Å². The standard InChI is InChI=1S/C18H29N3O3S/c1-4-5-6-7-8-9-10-19-17(23)16-12-21-18(25-16)24-13-15(22)11-20-14(2)3/h12,14-15,20,22H,4-6,9-11,13H2,1-3H3,(H,19,23).